The third-order valence-corrected chi connectivity index (χ3v) is 4.41. The molecule has 0 fully saturated rings. The lowest BCUT2D eigenvalue weighted by Crippen LogP contribution is -2.28. The molecule has 0 spiro atoms. The van der Waals surface area contributed by atoms with Gasteiger partial charge in [0, 0.05) is 21.1 Å². The van der Waals surface area contributed by atoms with Crippen molar-refractivity contribution in [1.82, 2.24) is 0 Å². The van der Waals surface area contributed by atoms with Gasteiger partial charge in [-0.15, -0.1) is 11.8 Å². The number of hydrogen-bond acceptors (Lipinski definition) is 2. The maximum Gasteiger partial charge on any atom is 0.0860 e. The summed E-state index contributed by atoms with van der Waals surface area (Å²) in [4.78, 5) is 1.15. The molecule has 0 saturated carbocycles. The molecule has 0 saturated heterocycles. The van der Waals surface area contributed by atoms with Gasteiger partial charge in [0.15, 0.2) is 0 Å². The second kappa shape index (κ2) is 3.44. The van der Waals surface area contributed by atoms with Crippen molar-refractivity contribution in [2.75, 3.05) is 5.75 Å². The third kappa shape index (κ3) is 1.67. The van der Waals surface area contributed by atoms with Crippen LogP contribution in [0.4, 0.5) is 0 Å². The molecule has 0 bridgehead atoms. The van der Waals surface area contributed by atoms with Crippen LogP contribution in [0, 0.1) is 5.41 Å². The Kier molecular flexibility index (Phi) is 2.54. The van der Waals surface area contributed by atoms with E-state index >= 15 is 0 Å². The number of aliphatic hydroxyl groups excluding tert-OH is 1. The van der Waals surface area contributed by atoms with Gasteiger partial charge in [-0.25, -0.2) is 0 Å². The molecule has 14 heavy (non-hydrogen) atoms. The fraction of sp³-hybridized carbons (Fsp3) is 0.455. The van der Waals surface area contributed by atoms with Crippen LogP contribution in [0.1, 0.15) is 25.5 Å². The Balaban J connectivity index is 2.48. The summed E-state index contributed by atoms with van der Waals surface area (Å²) in [6.07, 6.45) is -0.405. The first-order chi connectivity index (χ1) is 6.50. The van der Waals surface area contributed by atoms with Crippen molar-refractivity contribution >= 4 is 23.4 Å². The SMILES string of the molecule is CC1(C)CSc2ccc(Cl)cc2C1O. The summed E-state index contributed by atoms with van der Waals surface area (Å²) in [5, 5.41) is 10.8. The number of halogens is 1. The van der Waals surface area contributed by atoms with Crippen molar-refractivity contribution in [1.29, 1.82) is 0 Å². The highest BCUT2D eigenvalue weighted by molar-refractivity contribution is 7.99. The van der Waals surface area contributed by atoms with Crippen molar-refractivity contribution in [3.63, 3.8) is 0 Å². The van der Waals surface area contributed by atoms with Gasteiger partial charge in [-0.05, 0) is 23.8 Å². The van der Waals surface area contributed by atoms with Crippen LogP contribution in [0.25, 0.3) is 0 Å². The Morgan fingerprint density at radius 1 is 1.50 bits per heavy atom. The number of rotatable bonds is 0. The van der Waals surface area contributed by atoms with Gasteiger partial charge < -0.3 is 5.11 Å². The molecule has 1 aromatic carbocycles. The van der Waals surface area contributed by atoms with Gasteiger partial charge in [0.2, 0.25) is 0 Å². The zero-order valence-electron chi connectivity index (χ0n) is 8.25. The molecule has 0 radical (unpaired) electrons. The highest BCUT2D eigenvalue weighted by Crippen LogP contribution is 2.47. The van der Waals surface area contributed by atoms with Crippen LogP contribution in [-0.4, -0.2) is 10.9 Å². The van der Waals surface area contributed by atoms with Crippen molar-refractivity contribution < 1.29 is 5.11 Å². The first kappa shape index (κ1) is 10.3. The third-order valence-electron chi connectivity index (χ3n) is 2.61. The summed E-state index contributed by atoms with van der Waals surface area (Å²) in [6, 6.07) is 5.73. The molecule has 1 aliphatic rings. The molecule has 0 amide bonds. The van der Waals surface area contributed by atoms with E-state index in [9.17, 15) is 5.11 Å². The quantitative estimate of drug-likeness (QED) is 0.734. The zero-order chi connectivity index (χ0) is 10.3. The minimum Gasteiger partial charge on any atom is -0.388 e. The average molecular weight is 229 g/mol. The van der Waals surface area contributed by atoms with Crippen LogP contribution in [0.2, 0.25) is 5.02 Å². The summed E-state index contributed by atoms with van der Waals surface area (Å²) in [5.41, 5.74) is 0.904. The molecule has 0 aliphatic carbocycles. The van der Waals surface area contributed by atoms with Gasteiger partial charge >= 0.3 is 0 Å². The van der Waals surface area contributed by atoms with E-state index in [4.69, 9.17) is 11.6 Å². The van der Waals surface area contributed by atoms with Gasteiger partial charge in [0.25, 0.3) is 0 Å². The van der Waals surface area contributed by atoms with Crippen LogP contribution >= 0.6 is 23.4 Å². The van der Waals surface area contributed by atoms with E-state index in [-0.39, 0.29) is 5.41 Å². The molecule has 1 aromatic rings. The highest BCUT2D eigenvalue weighted by Gasteiger charge is 2.35. The van der Waals surface area contributed by atoms with E-state index in [1.807, 2.05) is 18.2 Å². The van der Waals surface area contributed by atoms with Crippen molar-refractivity contribution in [3.8, 4) is 0 Å². The molecule has 1 atom stereocenters. The lowest BCUT2D eigenvalue weighted by Gasteiger charge is -2.36. The number of benzene rings is 1. The molecule has 3 heteroatoms. The standard InChI is InChI=1S/C11H13ClOS/c1-11(2)6-14-9-4-3-7(12)5-8(9)10(11)13/h3-5,10,13H,6H2,1-2H3. The van der Waals surface area contributed by atoms with Gasteiger partial charge in [-0.3, -0.25) is 0 Å². The van der Waals surface area contributed by atoms with Crippen LogP contribution < -0.4 is 0 Å². The molecule has 1 heterocycles. The second-order valence-electron chi connectivity index (χ2n) is 4.36. The lowest BCUT2D eigenvalue weighted by atomic mass is 9.84. The number of aliphatic hydroxyl groups is 1. The molecule has 1 N–H and O–H groups in total. The molecule has 2 rings (SSSR count). The van der Waals surface area contributed by atoms with E-state index in [2.05, 4.69) is 13.8 Å². The molecule has 0 aromatic heterocycles. The predicted octanol–water partition coefficient (Wildman–Crippen LogP) is 3.51. The van der Waals surface area contributed by atoms with E-state index in [1.165, 1.54) is 0 Å². The number of hydrogen-bond donors (Lipinski definition) is 1. The van der Waals surface area contributed by atoms with Crippen LogP contribution in [0.3, 0.4) is 0 Å². The Bertz CT molecular complexity index is 362. The Morgan fingerprint density at radius 2 is 2.21 bits per heavy atom. The maximum atomic E-state index is 10.1. The highest BCUT2D eigenvalue weighted by atomic mass is 35.5. The van der Waals surface area contributed by atoms with Crippen molar-refractivity contribution in [2.45, 2.75) is 24.8 Å². The topological polar surface area (TPSA) is 20.2 Å². The maximum absolute atomic E-state index is 10.1. The first-order valence-electron chi connectivity index (χ1n) is 4.61. The lowest BCUT2D eigenvalue weighted by molar-refractivity contribution is 0.0610. The zero-order valence-corrected chi connectivity index (χ0v) is 9.82. The second-order valence-corrected chi connectivity index (χ2v) is 5.82. The normalized spacial score (nSPS) is 24.4. The first-order valence-corrected chi connectivity index (χ1v) is 5.97. The summed E-state index contributed by atoms with van der Waals surface area (Å²) < 4.78 is 0. The van der Waals surface area contributed by atoms with Gasteiger partial charge in [-0.1, -0.05) is 25.4 Å². The smallest absolute Gasteiger partial charge is 0.0860 e. The van der Waals surface area contributed by atoms with Gasteiger partial charge in [-0.2, -0.15) is 0 Å². The average Bonchev–Trinajstić information content (AvgIpc) is 2.13. The summed E-state index contributed by atoms with van der Waals surface area (Å²) in [7, 11) is 0. The minimum atomic E-state index is -0.405. The van der Waals surface area contributed by atoms with E-state index in [0.29, 0.717) is 5.02 Å². The summed E-state index contributed by atoms with van der Waals surface area (Å²) in [6.45, 7) is 4.16. The van der Waals surface area contributed by atoms with Crippen molar-refractivity contribution in [2.24, 2.45) is 5.41 Å². The van der Waals surface area contributed by atoms with E-state index in [0.717, 1.165) is 16.2 Å². The van der Waals surface area contributed by atoms with Crippen LogP contribution in [0.5, 0.6) is 0 Å². The Hall–Kier alpha value is -0.180. The van der Waals surface area contributed by atoms with Gasteiger partial charge in [0.1, 0.15) is 0 Å². The van der Waals surface area contributed by atoms with E-state index in [1.54, 1.807) is 11.8 Å². The molecular formula is C11H13ClOS. The Morgan fingerprint density at radius 3 is 2.93 bits per heavy atom. The fourth-order valence-corrected chi connectivity index (χ4v) is 3.00. The van der Waals surface area contributed by atoms with Crippen LogP contribution in [0.15, 0.2) is 23.1 Å². The number of fused-ring (bicyclic) bond motifs is 1. The van der Waals surface area contributed by atoms with E-state index < -0.39 is 6.10 Å². The monoisotopic (exact) mass is 228 g/mol. The largest absolute Gasteiger partial charge is 0.388 e. The molecule has 1 nitrogen and oxygen atoms in total. The summed E-state index contributed by atoms with van der Waals surface area (Å²) in [5.74, 6) is 0.947. The fourth-order valence-electron chi connectivity index (χ4n) is 1.63. The number of thioether (sulfide) groups is 1. The molecular weight excluding hydrogens is 216 g/mol. The van der Waals surface area contributed by atoms with Gasteiger partial charge in [0.05, 0.1) is 6.10 Å². The molecule has 1 aliphatic heterocycles. The minimum absolute atomic E-state index is 0.0671. The summed E-state index contributed by atoms with van der Waals surface area (Å²) >= 11 is 7.70. The Labute approximate surface area is 93.5 Å². The van der Waals surface area contributed by atoms with Crippen molar-refractivity contribution in [3.05, 3.63) is 28.8 Å². The molecule has 1 unspecified atom stereocenters. The van der Waals surface area contributed by atoms with Crippen LogP contribution in [-0.2, 0) is 0 Å². The molecule has 76 valence electrons. The predicted molar refractivity (Wildman–Crippen MR) is 60.9 cm³/mol.